The van der Waals surface area contributed by atoms with Gasteiger partial charge >= 0.3 is 5.69 Å². The molecule has 2 rings (SSSR count). The molecule has 0 radical (unpaired) electrons. The molecule has 0 fully saturated rings. The Morgan fingerprint density at radius 3 is 2.76 bits per heavy atom. The van der Waals surface area contributed by atoms with Crippen molar-refractivity contribution in [3.63, 3.8) is 0 Å². The highest BCUT2D eigenvalue weighted by Crippen LogP contribution is 2.26. The van der Waals surface area contributed by atoms with Crippen molar-refractivity contribution >= 4 is 11.8 Å². The molecule has 1 heterocycles. The Bertz CT molecular complexity index is 660. The number of H-pyrrole nitrogens is 1. The van der Waals surface area contributed by atoms with Crippen molar-refractivity contribution in [1.29, 1.82) is 0 Å². The largest absolute Gasteiger partial charge is 0.343 e. The van der Waals surface area contributed by atoms with Crippen LogP contribution in [0.15, 0.2) is 33.0 Å². The van der Waals surface area contributed by atoms with Crippen LogP contribution in [0.2, 0.25) is 0 Å². The zero-order valence-electron chi connectivity index (χ0n) is 12.9. The number of benzene rings is 1. The molecule has 114 valence electrons. The molecule has 0 aliphatic carbocycles. The summed E-state index contributed by atoms with van der Waals surface area (Å²) in [6, 6.07) is 6.34. The fraction of sp³-hybridized carbons (Fsp3) is 0.467. The van der Waals surface area contributed by atoms with Gasteiger partial charge in [-0.15, -0.1) is 5.10 Å². The van der Waals surface area contributed by atoms with Gasteiger partial charge in [0.25, 0.3) is 0 Å². The molecule has 21 heavy (non-hydrogen) atoms. The van der Waals surface area contributed by atoms with Crippen LogP contribution < -0.4 is 11.0 Å². The van der Waals surface area contributed by atoms with Gasteiger partial charge < -0.3 is 5.32 Å². The van der Waals surface area contributed by atoms with Crippen molar-refractivity contribution in [2.75, 3.05) is 6.54 Å². The van der Waals surface area contributed by atoms with E-state index in [1.807, 2.05) is 0 Å². The van der Waals surface area contributed by atoms with Gasteiger partial charge in [-0.05, 0) is 54.4 Å². The lowest BCUT2D eigenvalue weighted by Gasteiger charge is -2.11. The van der Waals surface area contributed by atoms with Crippen molar-refractivity contribution in [2.24, 2.45) is 13.0 Å². The number of aromatic amines is 1. The van der Waals surface area contributed by atoms with Gasteiger partial charge in [-0.3, -0.25) is 4.57 Å². The monoisotopic (exact) mass is 306 g/mol. The van der Waals surface area contributed by atoms with E-state index in [-0.39, 0.29) is 5.69 Å². The van der Waals surface area contributed by atoms with Gasteiger partial charge in [0.05, 0.1) is 0 Å². The minimum Gasteiger partial charge on any atom is -0.312 e. The lowest BCUT2D eigenvalue weighted by molar-refractivity contribution is 0.551. The Labute approximate surface area is 129 Å². The average molecular weight is 306 g/mol. The van der Waals surface area contributed by atoms with E-state index >= 15 is 0 Å². The molecule has 2 aromatic rings. The summed E-state index contributed by atoms with van der Waals surface area (Å²) in [5, 5.41) is 10.6. The second-order valence-corrected chi connectivity index (χ2v) is 6.63. The molecule has 0 saturated carbocycles. The van der Waals surface area contributed by atoms with Crippen LogP contribution in [0.5, 0.6) is 0 Å². The van der Waals surface area contributed by atoms with Gasteiger partial charge in [0.1, 0.15) is 0 Å². The fourth-order valence-electron chi connectivity index (χ4n) is 1.95. The maximum Gasteiger partial charge on any atom is 0.343 e. The smallest absolute Gasteiger partial charge is 0.312 e. The Hall–Kier alpha value is -1.53. The maximum absolute atomic E-state index is 11.3. The summed E-state index contributed by atoms with van der Waals surface area (Å²) in [6.45, 7) is 8.42. The van der Waals surface area contributed by atoms with Crippen LogP contribution in [0.1, 0.15) is 25.0 Å². The number of rotatable bonds is 6. The predicted molar refractivity (Wildman–Crippen MR) is 85.7 cm³/mol. The lowest BCUT2D eigenvalue weighted by Crippen LogP contribution is -2.19. The Kier molecular flexibility index (Phi) is 5.25. The third kappa shape index (κ3) is 4.22. The summed E-state index contributed by atoms with van der Waals surface area (Å²) in [7, 11) is 1.71. The predicted octanol–water partition coefficient (Wildman–Crippen LogP) is 2.31. The fourth-order valence-corrected chi connectivity index (χ4v) is 2.85. The Balaban J connectivity index is 2.05. The van der Waals surface area contributed by atoms with Crippen LogP contribution in [-0.4, -0.2) is 21.3 Å². The molecule has 1 aromatic carbocycles. The van der Waals surface area contributed by atoms with E-state index in [1.165, 1.54) is 27.5 Å². The molecule has 5 nitrogen and oxygen atoms in total. The molecule has 0 saturated heterocycles. The molecule has 0 aliphatic rings. The SMILES string of the molecule is Cc1cc(Sc2n[nH]c(=O)n2C)ccc1CNCC(C)C. The summed E-state index contributed by atoms with van der Waals surface area (Å²) in [6.07, 6.45) is 0. The minimum atomic E-state index is -0.191. The first-order valence-electron chi connectivity index (χ1n) is 7.07. The standard InChI is InChI=1S/C15H22N4OS/c1-10(2)8-16-9-12-5-6-13(7-11(12)3)21-15-18-17-14(20)19(15)4/h5-7,10,16H,8-9H2,1-4H3,(H,17,20). The molecule has 2 N–H and O–H groups in total. The lowest BCUT2D eigenvalue weighted by atomic mass is 10.1. The van der Waals surface area contributed by atoms with Gasteiger partial charge in [0.2, 0.25) is 0 Å². The van der Waals surface area contributed by atoms with Crippen molar-refractivity contribution in [2.45, 2.75) is 37.4 Å². The number of aromatic nitrogens is 3. The second kappa shape index (κ2) is 6.95. The molecular weight excluding hydrogens is 284 g/mol. The van der Waals surface area contributed by atoms with Crippen molar-refractivity contribution < 1.29 is 0 Å². The Morgan fingerprint density at radius 1 is 1.43 bits per heavy atom. The number of hydrogen-bond donors (Lipinski definition) is 2. The molecule has 0 aliphatic heterocycles. The van der Waals surface area contributed by atoms with Crippen LogP contribution in [-0.2, 0) is 13.6 Å². The summed E-state index contributed by atoms with van der Waals surface area (Å²) in [5.74, 6) is 0.654. The van der Waals surface area contributed by atoms with E-state index in [0.717, 1.165) is 18.0 Å². The zero-order valence-corrected chi connectivity index (χ0v) is 13.8. The van der Waals surface area contributed by atoms with Gasteiger partial charge in [0.15, 0.2) is 5.16 Å². The van der Waals surface area contributed by atoms with E-state index in [1.54, 1.807) is 7.05 Å². The van der Waals surface area contributed by atoms with Gasteiger partial charge in [0, 0.05) is 18.5 Å². The number of hydrogen-bond acceptors (Lipinski definition) is 4. The van der Waals surface area contributed by atoms with Gasteiger partial charge in [-0.2, -0.15) is 0 Å². The highest BCUT2D eigenvalue weighted by atomic mass is 32.2. The zero-order chi connectivity index (χ0) is 15.4. The molecular formula is C15H22N4OS. The van der Waals surface area contributed by atoms with E-state index in [2.05, 4.69) is 54.5 Å². The average Bonchev–Trinajstić information content (AvgIpc) is 2.73. The minimum absolute atomic E-state index is 0.191. The van der Waals surface area contributed by atoms with Crippen LogP contribution in [0, 0.1) is 12.8 Å². The highest BCUT2D eigenvalue weighted by molar-refractivity contribution is 7.99. The third-order valence-electron chi connectivity index (χ3n) is 3.23. The summed E-state index contributed by atoms with van der Waals surface area (Å²) >= 11 is 1.49. The Morgan fingerprint density at radius 2 is 2.19 bits per heavy atom. The molecule has 0 amide bonds. The molecule has 1 aromatic heterocycles. The topological polar surface area (TPSA) is 62.7 Å². The van der Waals surface area contributed by atoms with Crippen LogP contribution in [0.25, 0.3) is 0 Å². The van der Waals surface area contributed by atoms with Crippen LogP contribution >= 0.6 is 11.8 Å². The van der Waals surface area contributed by atoms with Crippen LogP contribution in [0.3, 0.4) is 0 Å². The van der Waals surface area contributed by atoms with Gasteiger partial charge in [-0.1, -0.05) is 19.9 Å². The number of nitrogens with zero attached hydrogens (tertiary/aromatic N) is 2. The van der Waals surface area contributed by atoms with E-state index in [0.29, 0.717) is 11.1 Å². The summed E-state index contributed by atoms with van der Waals surface area (Å²) in [5.41, 5.74) is 2.36. The first kappa shape index (κ1) is 15.9. The van der Waals surface area contributed by atoms with E-state index in [9.17, 15) is 4.79 Å². The molecule has 0 spiro atoms. The normalized spacial score (nSPS) is 11.3. The number of nitrogens with one attached hydrogen (secondary N) is 2. The quantitative estimate of drug-likeness (QED) is 0.860. The van der Waals surface area contributed by atoms with Crippen molar-refractivity contribution in [3.8, 4) is 0 Å². The molecule has 6 heteroatoms. The van der Waals surface area contributed by atoms with Crippen molar-refractivity contribution in [3.05, 3.63) is 39.8 Å². The van der Waals surface area contributed by atoms with Crippen molar-refractivity contribution in [1.82, 2.24) is 20.1 Å². The third-order valence-corrected chi connectivity index (χ3v) is 4.27. The second-order valence-electron chi connectivity index (χ2n) is 5.59. The molecule has 0 atom stereocenters. The first-order chi connectivity index (χ1) is 9.97. The number of aryl methyl sites for hydroxylation is 1. The van der Waals surface area contributed by atoms with E-state index < -0.39 is 0 Å². The van der Waals surface area contributed by atoms with Crippen LogP contribution in [0.4, 0.5) is 0 Å². The molecule has 0 unspecified atom stereocenters. The van der Waals surface area contributed by atoms with Gasteiger partial charge in [-0.25, -0.2) is 9.89 Å². The van der Waals surface area contributed by atoms with E-state index in [4.69, 9.17) is 0 Å². The molecule has 0 bridgehead atoms. The maximum atomic E-state index is 11.3. The highest BCUT2D eigenvalue weighted by Gasteiger charge is 2.07. The first-order valence-corrected chi connectivity index (χ1v) is 7.88. The summed E-state index contributed by atoms with van der Waals surface area (Å²) in [4.78, 5) is 12.4. The summed E-state index contributed by atoms with van der Waals surface area (Å²) < 4.78 is 1.51.